The smallest absolute Gasteiger partial charge is 0.303 e. The number of aryl methyl sites for hydroxylation is 2. The van der Waals surface area contributed by atoms with E-state index in [9.17, 15) is 9.90 Å². The van der Waals surface area contributed by atoms with Gasteiger partial charge in [-0.05, 0) is 79.3 Å². The molecule has 2 aromatic rings. The van der Waals surface area contributed by atoms with Crippen LogP contribution in [0.5, 0.6) is 0 Å². The van der Waals surface area contributed by atoms with Gasteiger partial charge in [-0.25, -0.2) is 0 Å². The Labute approximate surface area is 218 Å². The van der Waals surface area contributed by atoms with Gasteiger partial charge in [0, 0.05) is 29.2 Å². The molecule has 1 aliphatic rings. The molecule has 8 heteroatoms. The Morgan fingerprint density at radius 3 is 2.91 bits per heavy atom. The zero-order chi connectivity index (χ0) is 25.2. The highest BCUT2D eigenvalue weighted by atomic mass is 35.5. The van der Waals surface area contributed by atoms with Gasteiger partial charge >= 0.3 is 5.97 Å². The molecule has 3 rings (SSSR count). The number of carboxylic acids is 1. The van der Waals surface area contributed by atoms with Crippen LogP contribution in [0.15, 0.2) is 29.6 Å². The molecule has 3 atom stereocenters. The fourth-order valence-electron chi connectivity index (χ4n) is 4.78. The highest BCUT2D eigenvalue weighted by Gasteiger charge is 2.25. The van der Waals surface area contributed by atoms with Gasteiger partial charge in [0.05, 0.1) is 25.2 Å². The molecule has 3 N–H and O–H groups in total. The molecule has 1 aliphatic heterocycles. The second-order valence-electron chi connectivity index (χ2n) is 9.28. The Bertz CT molecular complexity index is 938. The van der Waals surface area contributed by atoms with Crippen molar-refractivity contribution >= 4 is 28.9 Å². The van der Waals surface area contributed by atoms with Crippen molar-refractivity contribution in [3.05, 3.63) is 56.2 Å². The maximum absolute atomic E-state index is 10.9. The third-order valence-corrected chi connectivity index (χ3v) is 8.07. The van der Waals surface area contributed by atoms with Gasteiger partial charge in [0.1, 0.15) is 0 Å². The predicted octanol–water partition coefficient (Wildman–Crippen LogP) is 5.06. The van der Waals surface area contributed by atoms with Crippen LogP contribution in [0.3, 0.4) is 0 Å². The number of aliphatic hydroxyl groups excluding tert-OH is 1. The van der Waals surface area contributed by atoms with Crippen LogP contribution in [0.2, 0.25) is 5.02 Å². The third kappa shape index (κ3) is 8.55. The summed E-state index contributed by atoms with van der Waals surface area (Å²) in [6.07, 6.45) is 5.00. The van der Waals surface area contributed by atoms with E-state index in [0.29, 0.717) is 19.0 Å². The van der Waals surface area contributed by atoms with Crippen LogP contribution in [0.4, 0.5) is 0 Å². The lowest BCUT2D eigenvalue weighted by molar-refractivity contribution is -0.136. The summed E-state index contributed by atoms with van der Waals surface area (Å²) < 4.78 is 6.04. The highest BCUT2D eigenvalue weighted by molar-refractivity contribution is 7.10. The minimum Gasteiger partial charge on any atom is -0.481 e. The van der Waals surface area contributed by atoms with E-state index in [4.69, 9.17) is 21.4 Å². The van der Waals surface area contributed by atoms with E-state index in [1.165, 1.54) is 24.0 Å². The van der Waals surface area contributed by atoms with Gasteiger partial charge in [-0.3, -0.25) is 9.69 Å². The lowest BCUT2D eigenvalue weighted by Gasteiger charge is -2.26. The van der Waals surface area contributed by atoms with Gasteiger partial charge in [0.25, 0.3) is 0 Å². The van der Waals surface area contributed by atoms with Crippen LogP contribution in [0.25, 0.3) is 0 Å². The summed E-state index contributed by atoms with van der Waals surface area (Å²) in [5, 5.41) is 25.7. The molecule has 1 aromatic heterocycles. The van der Waals surface area contributed by atoms with E-state index in [0.717, 1.165) is 47.9 Å². The molecule has 0 saturated carbocycles. The first-order chi connectivity index (χ1) is 16.9. The number of ether oxygens (including phenoxy) is 1. The molecule has 35 heavy (non-hydrogen) atoms. The molecule has 0 bridgehead atoms. The number of hydrogen-bond acceptors (Lipinski definition) is 6. The maximum Gasteiger partial charge on any atom is 0.303 e. The number of aliphatic hydroxyl groups is 1. The molecular formula is C27H39ClN2O4S. The lowest BCUT2D eigenvalue weighted by atomic mass is 10.0. The normalized spacial score (nSPS) is 18.1. The van der Waals surface area contributed by atoms with Crippen LogP contribution in [-0.2, 0) is 28.8 Å². The molecule has 0 amide bonds. The second kappa shape index (κ2) is 14.3. The molecular weight excluding hydrogens is 484 g/mol. The zero-order valence-corrected chi connectivity index (χ0v) is 22.4. The number of likely N-dealkylation sites (tertiary alicyclic amines) is 1. The number of carboxylic acid groups (broad SMARTS) is 1. The molecule has 0 radical (unpaired) electrons. The summed E-state index contributed by atoms with van der Waals surface area (Å²) in [4.78, 5) is 14.4. The van der Waals surface area contributed by atoms with E-state index in [1.54, 1.807) is 11.3 Å². The number of thiophene rings is 1. The first-order valence-corrected chi connectivity index (χ1v) is 14.0. The van der Waals surface area contributed by atoms with E-state index < -0.39 is 12.1 Å². The van der Waals surface area contributed by atoms with Crippen LogP contribution in [-0.4, -0.2) is 59.6 Å². The Hall–Kier alpha value is -1.48. The summed E-state index contributed by atoms with van der Waals surface area (Å²) in [7, 11) is 0. The average molecular weight is 523 g/mol. The largest absolute Gasteiger partial charge is 0.481 e. The number of rotatable bonds is 15. The van der Waals surface area contributed by atoms with Crippen molar-refractivity contribution in [3.8, 4) is 0 Å². The van der Waals surface area contributed by atoms with Gasteiger partial charge in [-0.2, -0.15) is 0 Å². The topological polar surface area (TPSA) is 82.0 Å². The van der Waals surface area contributed by atoms with E-state index in [2.05, 4.69) is 29.3 Å². The standard InChI is InChI=1S/C27H39ClN2O4S/c1-3-20-14-19(7-8-24(20)28)15-21-6-5-12-30(21)18-29-16-22(31)17-34-25(4-2)23-11-13-35-26(23)9-10-27(32)33/h7-8,11,13-14,21-22,25,29,31H,3-6,9-10,12,15-18H2,1-2H3,(H,32,33)/t21-,22+,25?/m0/s1. The molecule has 2 heterocycles. The van der Waals surface area contributed by atoms with Crippen LogP contribution in [0, 0.1) is 0 Å². The number of halogens is 1. The minimum absolute atomic E-state index is 0.117. The van der Waals surface area contributed by atoms with Crippen LogP contribution < -0.4 is 5.32 Å². The SMILES string of the molecule is CCc1cc(C[C@@H]2CCCN2CNC[C@@H](O)COC(CC)c2ccsc2CCC(=O)O)ccc1Cl. The van der Waals surface area contributed by atoms with Crippen molar-refractivity contribution in [1.82, 2.24) is 10.2 Å². The fraction of sp³-hybridized carbons (Fsp3) is 0.593. The maximum atomic E-state index is 10.9. The van der Waals surface area contributed by atoms with Crippen molar-refractivity contribution in [1.29, 1.82) is 0 Å². The van der Waals surface area contributed by atoms with E-state index in [-0.39, 0.29) is 19.1 Å². The number of aliphatic carboxylic acids is 1. The number of carbonyl (C=O) groups is 1. The van der Waals surface area contributed by atoms with Gasteiger partial charge in [0.2, 0.25) is 0 Å². The molecule has 1 fully saturated rings. The molecule has 0 spiro atoms. The van der Waals surface area contributed by atoms with Crippen LogP contribution in [0.1, 0.15) is 67.2 Å². The van der Waals surface area contributed by atoms with Gasteiger partial charge in [-0.15, -0.1) is 11.3 Å². The number of nitrogens with zero attached hydrogens (tertiary/aromatic N) is 1. The monoisotopic (exact) mass is 522 g/mol. The summed E-state index contributed by atoms with van der Waals surface area (Å²) in [6.45, 7) is 6.70. The second-order valence-corrected chi connectivity index (χ2v) is 10.7. The van der Waals surface area contributed by atoms with Crippen molar-refractivity contribution in [2.24, 2.45) is 0 Å². The van der Waals surface area contributed by atoms with Crippen molar-refractivity contribution in [2.45, 2.75) is 77.0 Å². The first-order valence-electron chi connectivity index (χ1n) is 12.7. The molecule has 0 aliphatic carbocycles. The molecule has 1 unspecified atom stereocenters. The Kier molecular flexibility index (Phi) is 11.5. The van der Waals surface area contributed by atoms with Crippen molar-refractivity contribution < 1.29 is 19.7 Å². The third-order valence-electron chi connectivity index (χ3n) is 6.71. The molecule has 1 aromatic carbocycles. The summed E-state index contributed by atoms with van der Waals surface area (Å²) >= 11 is 7.85. The minimum atomic E-state index is -0.793. The molecule has 1 saturated heterocycles. The summed E-state index contributed by atoms with van der Waals surface area (Å²) in [5.41, 5.74) is 3.59. The number of nitrogens with one attached hydrogen (secondary N) is 1. The quantitative estimate of drug-likeness (QED) is 0.303. The summed E-state index contributed by atoms with van der Waals surface area (Å²) in [5.74, 6) is -0.793. The highest BCUT2D eigenvalue weighted by Crippen LogP contribution is 2.30. The van der Waals surface area contributed by atoms with E-state index in [1.807, 2.05) is 24.4 Å². The van der Waals surface area contributed by atoms with Crippen molar-refractivity contribution in [2.75, 3.05) is 26.4 Å². The lowest BCUT2D eigenvalue weighted by Crippen LogP contribution is -2.42. The predicted molar refractivity (Wildman–Crippen MR) is 142 cm³/mol. The van der Waals surface area contributed by atoms with E-state index >= 15 is 0 Å². The number of hydrogen-bond donors (Lipinski definition) is 3. The molecule has 194 valence electrons. The zero-order valence-electron chi connectivity index (χ0n) is 20.8. The van der Waals surface area contributed by atoms with Gasteiger partial charge in [-0.1, -0.05) is 37.6 Å². The van der Waals surface area contributed by atoms with Gasteiger partial charge in [0.15, 0.2) is 0 Å². The Morgan fingerprint density at radius 1 is 1.34 bits per heavy atom. The fourth-order valence-corrected chi connectivity index (χ4v) is 5.97. The first kappa shape index (κ1) is 28.1. The summed E-state index contributed by atoms with van der Waals surface area (Å²) in [6, 6.07) is 8.89. The molecule has 6 nitrogen and oxygen atoms in total. The average Bonchev–Trinajstić information content (AvgIpc) is 3.49. The Morgan fingerprint density at radius 2 is 2.17 bits per heavy atom. The number of benzene rings is 1. The van der Waals surface area contributed by atoms with Gasteiger partial charge < -0.3 is 20.3 Å². The van der Waals surface area contributed by atoms with Crippen molar-refractivity contribution in [3.63, 3.8) is 0 Å². The van der Waals surface area contributed by atoms with Crippen LogP contribution >= 0.6 is 22.9 Å². The Balaban J connectivity index is 1.42.